The van der Waals surface area contributed by atoms with Crippen LogP contribution in [0.2, 0.25) is 0 Å². The molecule has 0 aromatic heterocycles. The summed E-state index contributed by atoms with van der Waals surface area (Å²) in [5, 5.41) is 0. The molecule has 4 unspecified atom stereocenters. The molecule has 2 rings (SSSR count). The highest BCUT2D eigenvalue weighted by Crippen LogP contribution is 2.34. The minimum atomic E-state index is 0.530. The van der Waals surface area contributed by atoms with Gasteiger partial charge in [-0.2, -0.15) is 9.98 Å². The zero-order chi connectivity index (χ0) is 23.0. The summed E-state index contributed by atoms with van der Waals surface area (Å²) in [6, 6.07) is 16.1. The topological polar surface area (TPSA) is 24.7 Å². The zero-order valence-corrected chi connectivity index (χ0v) is 21.0. The van der Waals surface area contributed by atoms with Crippen molar-refractivity contribution in [1.82, 2.24) is 0 Å². The summed E-state index contributed by atoms with van der Waals surface area (Å²) in [4.78, 5) is 9.11. The van der Waals surface area contributed by atoms with Gasteiger partial charge in [0.05, 0.1) is 11.4 Å². The third-order valence-corrected chi connectivity index (χ3v) is 7.07. The molecule has 2 aromatic carbocycles. The van der Waals surface area contributed by atoms with Gasteiger partial charge in [-0.05, 0) is 95.9 Å². The lowest BCUT2D eigenvalue weighted by molar-refractivity contribution is 0.677. The smallest absolute Gasteiger partial charge is 0.100 e. The SMILES string of the molecule is CCC(C)c1ccc(N=C=Nc2ccc(C(C)CC)c(C(C)CC)c2)cc1C(C)CC. The maximum atomic E-state index is 4.56. The summed E-state index contributed by atoms with van der Waals surface area (Å²) >= 11 is 0. The second-order valence-corrected chi connectivity index (χ2v) is 9.19. The van der Waals surface area contributed by atoms with Crippen LogP contribution in [0.15, 0.2) is 46.4 Å². The second kappa shape index (κ2) is 12.0. The van der Waals surface area contributed by atoms with E-state index in [1.54, 1.807) is 0 Å². The highest BCUT2D eigenvalue weighted by atomic mass is 14.8. The van der Waals surface area contributed by atoms with Crippen molar-refractivity contribution in [3.05, 3.63) is 58.7 Å². The Morgan fingerprint density at radius 2 is 0.871 bits per heavy atom. The van der Waals surface area contributed by atoms with Crippen molar-refractivity contribution in [1.29, 1.82) is 0 Å². The molecule has 0 saturated carbocycles. The highest BCUT2D eigenvalue weighted by Gasteiger charge is 2.15. The Bertz CT molecular complexity index is 833. The van der Waals surface area contributed by atoms with E-state index in [1.165, 1.54) is 22.3 Å². The number of hydrogen-bond acceptors (Lipinski definition) is 2. The Morgan fingerprint density at radius 1 is 0.548 bits per heavy atom. The summed E-state index contributed by atoms with van der Waals surface area (Å²) in [6.07, 6.45) is 4.56. The molecule has 0 radical (unpaired) electrons. The molecular weight excluding hydrogens is 376 g/mol. The van der Waals surface area contributed by atoms with Gasteiger partial charge in [0.1, 0.15) is 6.01 Å². The van der Waals surface area contributed by atoms with Gasteiger partial charge in [0.15, 0.2) is 0 Å². The Hall–Kier alpha value is -2.18. The van der Waals surface area contributed by atoms with E-state index in [9.17, 15) is 0 Å². The predicted molar refractivity (Wildman–Crippen MR) is 137 cm³/mol. The molecule has 2 heteroatoms. The summed E-state index contributed by atoms with van der Waals surface area (Å²) in [5.74, 6) is 2.20. The van der Waals surface area contributed by atoms with Gasteiger partial charge in [-0.15, -0.1) is 0 Å². The van der Waals surface area contributed by atoms with Gasteiger partial charge < -0.3 is 0 Å². The Kier molecular flexibility index (Phi) is 9.72. The Labute approximate surface area is 190 Å². The number of nitrogens with zero attached hydrogens (tertiary/aromatic N) is 2. The molecule has 0 aliphatic carbocycles. The van der Waals surface area contributed by atoms with Gasteiger partial charge in [0.2, 0.25) is 0 Å². The maximum absolute atomic E-state index is 4.56. The van der Waals surface area contributed by atoms with Gasteiger partial charge in [-0.3, -0.25) is 0 Å². The predicted octanol–water partition coefficient (Wildman–Crippen LogP) is 9.88. The van der Waals surface area contributed by atoms with Crippen molar-refractivity contribution in [2.75, 3.05) is 0 Å². The molecule has 4 atom stereocenters. The first-order chi connectivity index (χ1) is 14.9. The molecule has 31 heavy (non-hydrogen) atoms. The largest absolute Gasteiger partial charge is 0.188 e. The number of rotatable bonds is 10. The first-order valence-electron chi connectivity index (χ1n) is 12.3. The maximum Gasteiger partial charge on any atom is 0.100 e. The van der Waals surface area contributed by atoms with E-state index >= 15 is 0 Å². The molecule has 0 heterocycles. The molecule has 168 valence electrons. The van der Waals surface area contributed by atoms with Gasteiger partial charge >= 0.3 is 0 Å². The molecule has 0 aliphatic heterocycles. The molecule has 0 fully saturated rings. The van der Waals surface area contributed by atoms with Crippen molar-refractivity contribution in [3.8, 4) is 0 Å². The fourth-order valence-electron chi connectivity index (χ4n) is 4.03. The summed E-state index contributed by atoms with van der Waals surface area (Å²) in [6.45, 7) is 18.2. The van der Waals surface area contributed by atoms with Crippen LogP contribution in [0, 0.1) is 0 Å². The van der Waals surface area contributed by atoms with Crippen LogP contribution in [0.5, 0.6) is 0 Å². The normalized spacial score (nSPS) is 15.0. The molecule has 0 aliphatic rings. The quantitative estimate of drug-likeness (QED) is 0.343. The van der Waals surface area contributed by atoms with Crippen LogP contribution in [0.3, 0.4) is 0 Å². The van der Waals surface area contributed by atoms with Crippen molar-refractivity contribution in [2.45, 2.75) is 105 Å². The molecule has 0 N–H and O–H groups in total. The van der Waals surface area contributed by atoms with E-state index in [2.05, 4.69) is 108 Å². The van der Waals surface area contributed by atoms with Crippen LogP contribution in [0.1, 0.15) is 127 Å². The van der Waals surface area contributed by atoms with Gasteiger partial charge in [-0.1, -0.05) is 67.5 Å². The average Bonchev–Trinajstić information content (AvgIpc) is 2.81. The van der Waals surface area contributed by atoms with E-state index < -0.39 is 0 Å². The first kappa shape index (κ1) is 25.1. The lowest BCUT2D eigenvalue weighted by Gasteiger charge is -2.19. The second-order valence-electron chi connectivity index (χ2n) is 9.19. The van der Waals surface area contributed by atoms with E-state index in [0.29, 0.717) is 23.7 Å². The van der Waals surface area contributed by atoms with E-state index in [1.807, 2.05) is 0 Å². The minimum Gasteiger partial charge on any atom is -0.188 e. The van der Waals surface area contributed by atoms with Crippen LogP contribution in [-0.4, -0.2) is 6.01 Å². The minimum absolute atomic E-state index is 0.530. The van der Waals surface area contributed by atoms with E-state index in [0.717, 1.165) is 37.1 Å². The summed E-state index contributed by atoms with van der Waals surface area (Å²) in [5.41, 5.74) is 7.60. The fraction of sp³-hybridized carbons (Fsp3) is 0.552. The average molecular weight is 419 g/mol. The van der Waals surface area contributed by atoms with Crippen LogP contribution >= 0.6 is 0 Å². The van der Waals surface area contributed by atoms with Gasteiger partial charge in [-0.25, -0.2) is 0 Å². The van der Waals surface area contributed by atoms with E-state index in [-0.39, 0.29) is 0 Å². The molecule has 0 amide bonds. The Balaban J connectivity index is 2.37. The lowest BCUT2D eigenvalue weighted by atomic mass is 9.86. The van der Waals surface area contributed by atoms with Crippen LogP contribution in [0.4, 0.5) is 11.4 Å². The van der Waals surface area contributed by atoms with Gasteiger partial charge in [0.25, 0.3) is 0 Å². The van der Waals surface area contributed by atoms with Crippen molar-refractivity contribution in [3.63, 3.8) is 0 Å². The van der Waals surface area contributed by atoms with Crippen molar-refractivity contribution in [2.24, 2.45) is 9.98 Å². The van der Waals surface area contributed by atoms with Crippen LogP contribution in [-0.2, 0) is 0 Å². The molecule has 0 spiro atoms. The molecule has 0 saturated heterocycles. The van der Waals surface area contributed by atoms with Crippen molar-refractivity contribution < 1.29 is 0 Å². The number of aliphatic imine (C=N–C) groups is 2. The fourth-order valence-corrected chi connectivity index (χ4v) is 4.03. The molecular formula is C29H42N2. The summed E-state index contributed by atoms with van der Waals surface area (Å²) in [7, 11) is 0. The first-order valence-corrected chi connectivity index (χ1v) is 12.3. The zero-order valence-electron chi connectivity index (χ0n) is 21.0. The molecule has 0 bridgehead atoms. The van der Waals surface area contributed by atoms with Crippen molar-refractivity contribution >= 4 is 17.4 Å². The van der Waals surface area contributed by atoms with Crippen LogP contribution < -0.4 is 0 Å². The Morgan fingerprint density at radius 3 is 1.19 bits per heavy atom. The number of benzene rings is 2. The standard InChI is InChI=1S/C29H42N2/c1-9-20(5)26-15-13-24(17-28(26)22(7)11-3)30-19-31-25-14-16-27(21(6)10-2)29(18-25)23(8)12-4/h13-18,20-23H,9-12H2,1-8H3. The number of hydrogen-bond donors (Lipinski definition) is 0. The lowest BCUT2D eigenvalue weighted by Crippen LogP contribution is -2.01. The van der Waals surface area contributed by atoms with Gasteiger partial charge in [0, 0.05) is 0 Å². The highest BCUT2D eigenvalue weighted by molar-refractivity contribution is 5.60. The van der Waals surface area contributed by atoms with Crippen LogP contribution in [0.25, 0.3) is 0 Å². The third-order valence-electron chi connectivity index (χ3n) is 7.07. The summed E-state index contributed by atoms with van der Waals surface area (Å²) < 4.78 is 0. The molecule has 2 aromatic rings. The van der Waals surface area contributed by atoms with E-state index in [4.69, 9.17) is 0 Å². The third kappa shape index (κ3) is 6.40. The monoisotopic (exact) mass is 418 g/mol. The molecule has 2 nitrogen and oxygen atoms in total.